The monoisotopic (exact) mass is 278 g/mol. The molecule has 0 spiro atoms. The van der Waals surface area contributed by atoms with Crippen LogP contribution in [0.3, 0.4) is 0 Å². The lowest BCUT2D eigenvalue weighted by Crippen LogP contribution is -2.51. The van der Waals surface area contributed by atoms with Crippen molar-refractivity contribution in [2.24, 2.45) is 5.73 Å². The van der Waals surface area contributed by atoms with Crippen molar-refractivity contribution in [3.63, 3.8) is 0 Å². The van der Waals surface area contributed by atoms with Gasteiger partial charge in [0.15, 0.2) is 0 Å². The Morgan fingerprint density at radius 3 is 2.60 bits per heavy atom. The third-order valence-electron chi connectivity index (χ3n) is 3.87. The molecule has 1 aliphatic rings. The highest BCUT2D eigenvalue weighted by atomic mass is 16.5. The molecule has 0 radical (unpaired) electrons. The van der Waals surface area contributed by atoms with Gasteiger partial charge in [0.1, 0.15) is 11.5 Å². The molecule has 1 saturated carbocycles. The molecule has 2 rings (SSSR count). The number of benzene rings is 1. The molecule has 0 unspecified atom stereocenters. The van der Waals surface area contributed by atoms with Crippen LogP contribution in [0.1, 0.15) is 31.2 Å². The Morgan fingerprint density at radius 1 is 1.30 bits per heavy atom. The number of amides is 1. The number of nitrogens with one attached hydrogen (secondary N) is 1. The molecule has 1 amide bonds. The zero-order chi connectivity index (χ0) is 14.6. The van der Waals surface area contributed by atoms with Gasteiger partial charge in [-0.15, -0.1) is 0 Å². The topological polar surface area (TPSA) is 73.6 Å². The third kappa shape index (κ3) is 3.04. The Labute approximate surface area is 119 Å². The largest absolute Gasteiger partial charge is 0.497 e. The summed E-state index contributed by atoms with van der Waals surface area (Å²) >= 11 is 0. The standard InChI is InChI=1S/C15H22N2O3/c1-19-12-5-6-13(20-2)11(9-12)10-17-14(18)15(16)7-3-4-8-15/h5-6,9H,3-4,7-8,10,16H2,1-2H3,(H,17,18). The van der Waals surface area contributed by atoms with Gasteiger partial charge in [0.25, 0.3) is 0 Å². The maximum absolute atomic E-state index is 12.2. The van der Waals surface area contributed by atoms with E-state index in [9.17, 15) is 4.79 Å². The van der Waals surface area contributed by atoms with Gasteiger partial charge in [-0.3, -0.25) is 4.79 Å². The van der Waals surface area contributed by atoms with E-state index < -0.39 is 5.54 Å². The van der Waals surface area contributed by atoms with Gasteiger partial charge in [-0.1, -0.05) is 12.8 Å². The summed E-state index contributed by atoms with van der Waals surface area (Å²) < 4.78 is 10.5. The molecule has 20 heavy (non-hydrogen) atoms. The highest BCUT2D eigenvalue weighted by molar-refractivity contribution is 5.86. The first-order chi connectivity index (χ1) is 9.59. The van der Waals surface area contributed by atoms with Crippen LogP contribution in [0.4, 0.5) is 0 Å². The highest BCUT2D eigenvalue weighted by Crippen LogP contribution is 2.28. The van der Waals surface area contributed by atoms with Gasteiger partial charge in [0.2, 0.25) is 5.91 Å². The number of carbonyl (C=O) groups excluding carboxylic acids is 1. The summed E-state index contributed by atoms with van der Waals surface area (Å²) in [5.41, 5.74) is 6.30. The number of hydrogen-bond donors (Lipinski definition) is 2. The van der Waals surface area contributed by atoms with Crippen LogP contribution in [0.2, 0.25) is 0 Å². The van der Waals surface area contributed by atoms with E-state index in [1.807, 2.05) is 18.2 Å². The fourth-order valence-electron chi connectivity index (χ4n) is 2.60. The molecule has 1 fully saturated rings. The molecule has 5 heteroatoms. The zero-order valence-corrected chi connectivity index (χ0v) is 12.1. The van der Waals surface area contributed by atoms with Gasteiger partial charge in [-0.2, -0.15) is 0 Å². The first kappa shape index (κ1) is 14.7. The van der Waals surface area contributed by atoms with Crippen LogP contribution in [-0.2, 0) is 11.3 Å². The van der Waals surface area contributed by atoms with E-state index in [0.717, 1.165) is 42.7 Å². The summed E-state index contributed by atoms with van der Waals surface area (Å²) in [5.74, 6) is 1.38. The summed E-state index contributed by atoms with van der Waals surface area (Å²) in [6, 6.07) is 5.51. The Bertz CT molecular complexity index is 482. The number of carbonyl (C=O) groups is 1. The molecule has 0 heterocycles. The maximum Gasteiger partial charge on any atom is 0.240 e. The third-order valence-corrected chi connectivity index (χ3v) is 3.87. The van der Waals surface area contributed by atoms with E-state index in [4.69, 9.17) is 15.2 Å². The van der Waals surface area contributed by atoms with Gasteiger partial charge >= 0.3 is 0 Å². The lowest BCUT2D eigenvalue weighted by molar-refractivity contribution is -0.126. The van der Waals surface area contributed by atoms with Gasteiger partial charge in [0, 0.05) is 12.1 Å². The van der Waals surface area contributed by atoms with E-state index in [0.29, 0.717) is 6.54 Å². The fourth-order valence-corrected chi connectivity index (χ4v) is 2.60. The average Bonchev–Trinajstić information content (AvgIpc) is 2.92. The summed E-state index contributed by atoms with van der Waals surface area (Å²) in [6.45, 7) is 0.387. The zero-order valence-electron chi connectivity index (χ0n) is 12.1. The van der Waals surface area contributed by atoms with Gasteiger partial charge in [-0.05, 0) is 31.0 Å². The number of methoxy groups -OCH3 is 2. The summed E-state index contributed by atoms with van der Waals surface area (Å²) in [5, 5.41) is 2.91. The number of nitrogens with two attached hydrogens (primary N) is 1. The Morgan fingerprint density at radius 2 is 2.00 bits per heavy atom. The molecule has 0 saturated heterocycles. The van der Waals surface area contributed by atoms with Crippen LogP contribution in [0.5, 0.6) is 11.5 Å². The molecule has 3 N–H and O–H groups in total. The Balaban J connectivity index is 2.04. The van der Waals surface area contributed by atoms with Crippen molar-refractivity contribution in [1.82, 2.24) is 5.32 Å². The average molecular weight is 278 g/mol. The van der Waals surface area contributed by atoms with E-state index in [2.05, 4.69) is 5.32 Å². The van der Waals surface area contributed by atoms with Crippen molar-refractivity contribution in [2.75, 3.05) is 14.2 Å². The Kier molecular flexibility index (Phi) is 4.49. The van der Waals surface area contributed by atoms with Crippen LogP contribution in [0.15, 0.2) is 18.2 Å². The van der Waals surface area contributed by atoms with Crippen molar-refractivity contribution >= 4 is 5.91 Å². The maximum atomic E-state index is 12.2. The summed E-state index contributed by atoms with van der Waals surface area (Å²) in [4.78, 5) is 12.2. The quantitative estimate of drug-likeness (QED) is 0.858. The van der Waals surface area contributed by atoms with E-state index >= 15 is 0 Å². The van der Waals surface area contributed by atoms with Crippen molar-refractivity contribution in [2.45, 2.75) is 37.8 Å². The van der Waals surface area contributed by atoms with E-state index in [-0.39, 0.29) is 5.91 Å². The van der Waals surface area contributed by atoms with Crippen LogP contribution in [0, 0.1) is 0 Å². The summed E-state index contributed by atoms with van der Waals surface area (Å²) in [6.07, 6.45) is 3.56. The van der Waals surface area contributed by atoms with Crippen molar-refractivity contribution in [3.05, 3.63) is 23.8 Å². The highest BCUT2D eigenvalue weighted by Gasteiger charge is 2.36. The van der Waals surface area contributed by atoms with Gasteiger partial charge in [-0.25, -0.2) is 0 Å². The fraction of sp³-hybridized carbons (Fsp3) is 0.533. The van der Waals surface area contributed by atoms with Gasteiger partial charge in [0.05, 0.1) is 19.8 Å². The van der Waals surface area contributed by atoms with Crippen molar-refractivity contribution < 1.29 is 14.3 Å². The lowest BCUT2D eigenvalue weighted by Gasteiger charge is -2.22. The van der Waals surface area contributed by atoms with Crippen LogP contribution in [-0.4, -0.2) is 25.7 Å². The predicted octanol–water partition coefficient (Wildman–Crippen LogP) is 1.59. The van der Waals surface area contributed by atoms with Crippen LogP contribution >= 0.6 is 0 Å². The SMILES string of the molecule is COc1ccc(OC)c(CNC(=O)C2(N)CCCC2)c1. The Hall–Kier alpha value is -1.75. The second-order valence-electron chi connectivity index (χ2n) is 5.22. The van der Waals surface area contributed by atoms with Crippen LogP contribution < -0.4 is 20.5 Å². The molecule has 1 aliphatic carbocycles. The second-order valence-corrected chi connectivity index (χ2v) is 5.22. The number of rotatable bonds is 5. The number of hydrogen-bond acceptors (Lipinski definition) is 4. The normalized spacial score (nSPS) is 16.8. The molecular weight excluding hydrogens is 256 g/mol. The van der Waals surface area contributed by atoms with Crippen molar-refractivity contribution in [3.8, 4) is 11.5 Å². The first-order valence-corrected chi connectivity index (χ1v) is 6.87. The minimum Gasteiger partial charge on any atom is -0.497 e. The molecule has 0 aromatic heterocycles. The molecule has 5 nitrogen and oxygen atoms in total. The van der Waals surface area contributed by atoms with Crippen molar-refractivity contribution in [1.29, 1.82) is 0 Å². The second kappa shape index (κ2) is 6.13. The van der Waals surface area contributed by atoms with E-state index in [1.54, 1.807) is 14.2 Å². The molecule has 0 atom stereocenters. The van der Waals surface area contributed by atoms with Crippen LogP contribution in [0.25, 0.3) is 0 Å². The molecule has 0 aliphatic heterocycles. The molecule has 0 bridgehead atoms. The minimum atomic E-state index is -0.702. The van der Waals surface area contributed by atoms with E-state index in [1.165, 1.54) is 0 Å². The molecular formula is C15H22N2O3. The smallest absolute Gasteiger partial charge is 0.240 e. The minimum absolute atomic E-state index is 0.0835. The summed E-state index contributed by atoms with van der Waals surface area (Å²) in [7, 11) is 3.21. The molecule has 110 valence electrons. The number of ether oxygens (including phenoxy) is 2. The molecule has 1 aromatic carbocycles. The first-order valence-electron chi connectivity index (χ1n) is 6.87. The van der Waals surface area contributed by atoms with Gasteiger partial charge < -0.3 is 20.5 Å². The molecule has 1 aromatic rings. The lowest BCUT2D eigenvalue weighted by atomic mass is 9.98. The predicted molar refractivity (Wildman–Crippen MR) is 76.8 cm³/mol.